The zero-order chi connectivity index (χ0) is 15.2. The maximum absolute atomic E-state index is 13.9. The average molecular weight is 290 g/mol. The summed E-state index contributed by atoms with van der Waals surface area (Å²) in [5.74, 6) is 4.58. The van der Waals surface area contributed by atoms with Gasteiger partial charge in [0.1, 0.15) is 5.82 Å². The third kappa shape index (κ3) is 3.60. The third-order valence-corrected chi connectivity index (χ3v) is 3.50. The summed E-state index contributed by atoms with van der Waals surface area (Å²) in [5.41, 5.74) is 5.86. The van der Waals surface area contributed by atoms with Crippen LogP contribution in [0.25, 0.3) is 0 Å². The molecule has 1 fully saturated rings. The van der Waals surface area contributed by atoms with Crippen LogP contribution < -0.4 is 5.73 Å². The molecule has 1 atom stereocenters. The first-order valence-corrected chi connectivity index (χ1v) is 7.04. The van der Waals surface area contributed by atoms with E-state index >= 15 is 0 Å². The second kappa shape index (κ2) is 7.21. The summed E-state index contributed by atoms with van der Waals surface area (Å²) in [6.45, 7) is 3.76. The lowest BCUT2D eigenvalue weighted by atomic mass is 10.1. The fourth-order valence-electron chi connectivity index (χ4n) is 2.32. The fourth-order valence-corrected chi connectivity index (χ4v) is 2.32. The lowest BCUT2D eigenvalue weighted by Gasteiger charge is -2.35. The molecule has 1 aromatic rings. The molecule has 0 radical (unpaired) electrons. The Bertz CT molecular complexity index is 577. The van der Waals surface area contributed by atoms with E-state index in [4.69, 9.17) is 10.5 Å². The van der Waals surface area contributed by atoms with E-state index in [0.29, 0.717) is 25.3 Å². The van der Waals surface area contributed by atoms with Crippen LogP contribution in [0, 0.1) is 17.7 Å². The third-order valence-electron chi connectivity index (χ3n) is 3.50. The van der Waals surface area contributed by atoms with E-state index in [1.807, 2.05) is 6.92 Å². The zero-order valence-corrected chi connectivity index (χ0v) is 12.1. The first kappa shape index (κ1) is 15.5. The van der Waals surface area contributed by atoms with Crippen molar-refractivity contribution in [3.63, 3.8) is 0 Å². The maximum Gasteiger partial charge on any atom is 0.254 e. The first-order valence-electron chi connectivity index (χ1n) is 7.04. The molecule has 1 heterocycles. The molecule has 4 nitrogen and oxygen atoms in total. The van der Waals surface area contributed by atoms with Gasteiger partial charge in [0.05, 0.1) is 31.4 Å². The van der Waals surface area contributed by atoms with Gasteiger partial charge in [-0.25, -0.2) is 4.39 Å². The van der Waals surface area contributed by atoms with Crippen LogP contribution in [0.2, 0.25) is 0 Å². The molecule has 112 valence electrons. The van der Waals surface area contributed by atoms with Crippen LogP contribution >= 0.6 is 0 Å². The molecule has 1 aliphatic rings. The lowest BCUT2D eigenvalue weighted by molar-refractivity contribution is -0.00281. The number of amides is 1. The van der Waals surface area contributed by atoms with Gasteiger partial charge in [-0.1, -0.05) is 18.8 Å². The number of nitrogens with zero attached hydrogens (tertiary/aromatic N) is 1. The molecule has 1 amide bonds. The number of carbonyl (C=O) groups is 1. The van der Waals surface area contributed by atoms with Crippen molar-refractivity contribution in [2.75, 3.05) is 26.3 Å². The van der Waals surface area contributed by atoms with Gasteiger partial charge < -0.3 is 15.4 Å². The van der Waals surface area contributed by atoms with Gasteiger partial charge in [0.15, 0.2) is 0 Å². The molecule has 5 heteroatoms. The van der Waals surface area contributed by atoms with Crippen LogP contribution in [0.1, 0.15) is 29.3 Å². The highest BCUT2D eigenvalue weighted by atomic mass is 19.1. The number of hydrogen-bond donors (Lipinski definition) is 1. The van der Waals surface area contributed by atoms with Crippen molar-refractivity contribution >= 4 is 5.91 Å². The average Bonchev–Trinajstić information content (AvgIpc) is 2.53. The van der Waals surface area contributed by atoms with Crippen molar-refractivity contribution in [2.24, 2.45) is 5.73 Å². The molecule has 1 saturated heterocycles. The molecule has 21 heavy (non-hydrogen) atoms. The van der Waals surface area contributed by atoms with Crippen molar-refractivity contribution in [1.82, 2.24) is 4.90 Å². The van der Waals surface area contributed by atoms with Crippen LogP contribution in [0.5, 0.6) is 0 Å². The van der Waals surface area contributed by atoms with Crippen LogP contribution in [0.15, 0.2) is 18.2 Å². The van der Waals surface area contributed by atoms with Gasteiger partial charge in [0.25, 0.3) is 5.91 Å². The Morgan fingerprint density at radius 1 is 1.57 bits per heavy atom. The van der Waals surface area contributed by atoms with Crippen molar-refractivity contribution in [1.29, 1.82) is 0 Å². The highest BCUT2D eigenvalue weighted by molar-refractivity contribution is 5.94. The molecule has 1 aliphatic heterocycles. The minimum Gasteiger partial charge on any atom is -0.377 e. The minimum absolute atomic E-state index is 0.0472. The Morgan fingerprint density at radius 2 is 2.38 bits per heavy atom. The predicted molar refractivity (Wildman–Crippen MR) is 78.3 cm³/mol. The quantitative estimate of drug-likeness (QED) is 0.837. The number of rotatable bonds is 2. The minimum atomic E-state index is -0.497. The molecule has 0 aromatic heterocycles. The summed E-state index contributed by atoms with van der Waals surface area (Å²) in [6.07, 6.45) is 0.814. The van der Waals surface area contributed by atoms with Gasteiger partial charge in [-0.2, -0.15) is 0 Å². The van der Waals surface area contributed by atoms with Gasteiger partial charge in [-0.05, 0) is 24.6 Å². The summed E-state index contributed by atoms with van der Waals surface area (Å²) in [7, 11) is 0. The number of halogens is 1. The summed E-state index contributed by atoms with van der Waals surface area (Å²) < 4.78 is 19.3. The molecule has 1 aromatic carbocycles. The van der Waals surface area contributed by atoms with Crippen molar-refractivity contribution in [2.45, 2.75) is 19.4 Å². The van der Waals surface area contributed by atoms with E-state index in [1.165, 1.54) is 12.1 Å². The Kier molecular flexibility index (Phi) is 5.32. The fraction of sp³-hybridized carbons (Fsp3) is 0.438. The highest BCUT2D eigenvalue weighted by Gasteiger charge is 2.27. The molecule has 1 unspecified atom stereocenters. The number of nitrogens with two attached hydrogens (primary N) is 1. The van der Waals surface area contributed by atoms with Crippen molar-refractivity contribution in [3.05, 3.63) is 35.1 Å². The van der Waals surface area contributed by atoms with Crippen molar-refractivity contribution in [3.8, 4) is 11.8 Å². The molecule has 2 rings (SSSR count). The predicted octanol–water partition coefficient (Wildman–Crippen LogP) is 1.39. The van der Waals surface area contributed by atoms with Gasteiger partial charge in [0.2, 0.25) is 0 Å². The molecule has 0 bridgehead atoms. The van der Waals surface area contributed by atoms with E-state index in [0.717, 1.165) is 6.42 Å². The zero-order valence-electron chi connectivity index (χ0n) is 12.1. The van der Waals surface area contributed by atoms with Gasteiger partial charge in [0, 0.05) is 12.1 Å². The number of morpholine rings is 1. The largest absolute Gasteiger partial charge is 0.377 e. The Balaban J connectivity index is 2.21. The second-order valence-electron chi connectivity index (χ2n) is 4.84. The van der Waals surface area contributed by atoms with E-state index in [1.54, 1.807) is 11.0 Å². The smallest absolute Gasteiger partial charge is 0.254 e. The molecular weight excluding hydrogens is 271 g/mol. The van der Waals surface area contributed by atoms with Crippen molar-refractivity contribution < 1.29 is 13.9 Å². The normalized spacial score (nSPS) is 18.0. The molecule has 0 saturated carbocycles. The van der Waals surface area contributed by atoms with Gasteiger partial charge in [-0.3, -0.25) is 4.79 Å². The topological polar surface area (TPSA) is 55.6 Å². The molecule has 0 spiro atoms. The van der Waals surface area contributed by atoms with Crippen LogP contribution in [0.4, 0.5) is 4.39 Å². The molecule has 2 N–H and O–H groups in total. The molecular formula is C16H19FN2O2. The Morgan fingerprint density at radius 3 is 3.05 bits per heavy atom. The SMILES string of the molecule is CCC1COCCN1C(=O)c1ccc(C#CCN)c(F)c1. The Hall–Kier alpha value is -1.90. The first-order chi connectivity index (χ1) is 10.2. The van der Waals surface area contributed by atoms with E-state index in [2.05, 4.69) is 11.8 Å². The summed E-state index contributed by atoms with van der Waals surface area (Å²) in [6, 6.07) is 4.41. The maximum atomic E-state index is 13.9. The summed E-state index contributed by atoms with van der Waals surface area (Å²) in [4.78, 5) is 14.2. The second-order valence-corrected chi connectivity index (χ2v) is 4.84. The van der Waals surface area contributed by atoms with Gasteiger partial charge in [-0.15, -0.1) is 0 Å². The molecule has 0 aliphatic carbocycles. The monoisotopic (exact) mass is 290 g/mol. The number of ether oxygens (including phenoxy) is 1. The van der Waals surface area contributed by atoms with Crippen LogP contribution in [-0.2, 0) is 4.74 Å². The Labute approximate surface area is 124 Å². The number of carbonyl (C=O) groups excluding carboxylic acids is 1. The summed E-state index contributed by atoms with van der Waals surface area (Å²) in [5, 5.41) is 0. The van der Waals surface area contributed by atoms with E-state index < -0.39 is 5.82 Å². The summed E-state index contributed by atoms with van der Waals surface area (Å²) >= 11 is 0. The van der Waals surface area contributed by atoms with E-state index in [9.17, 15) is 9.18 Å². The standard InChI is InChI=1S/C16H19FN2O2/c1-2-14-11-21-9-8-19(14)16(20)13-6-5-12(4-3-7-18)15(17)10-13/h5-6,10,14H,2,7-9,11,18H2,1H3. The van der Waals surface area contributed by atoms with E-state index in [-0.39, 0.29) is 24.1 Å². The lowest BCUT2D eigenvalue weighted by Crippen LogP contribution is -2.48. The number of hydrogen-bond acceptors (Lipinski definition) is 3. The van der Waals surface area contributed by atoms with Crippen LogP contribution in [-0.4, -0.2) is 43.2 Å². The number of benzene rings is 1. The van der Waals surface area contributed by atoms with Crippen LogP contribution in [0.3, 0.4) is 0 Å². The highest BCUT2D eigenvalue weighted by Crippen LogP contribution is 2.17. The van der Waals surface area contributed by atoms with Gasteiger partial charge >= 0.3 is 0 Å².